The van der Waals surface area contributed by atoms with Crippen molar-refractivity contribution in [1.29, 1.82) is 0 Å². The molecule has 0 saturated carbocycles. The molecule has 0 rings (SSSR count). The van der Waals surface area contributed by atoms with Crippen LogP contribution < -0.4 is 31.9 Å². The highest BCUT2D eigenvalue weighted by atomic mass is 16.6. The molecule has 55 heavy (non-hydrogen) atoms. The molecule has 0 heterocycles. The number of nitrogens with one attached hydrogen (secondary N) is 6. The zero-order chi connectivity index (χ0) is 42.9. The molecule has 0 aromatic carbocycles. The van der Waals surface area contributed by atoms with Crippen molar-refractivity contribution < 1.29 is 43.0 Å². The van der Waals surface area contributed by atoms with Crippen LogP contribution in [0.5, 0.6) is 0 Å². The molecule has 6 N–H and O–H groups in total. The lowest BCUT2D eigenvalue weighted by atomic mass is 10.0. The summed E-state index contributed by atoms with van der Waals surface area (Å²) in [6.45, 7) is 22.5. The predicted octanol–water partition coefficient (Wildman–Crippen LogP) is 5.68. The van der Waals surface area contributed by atoms with Gasteiger partial charge in [0.2, 0.25) is 11.8 Å². The van der Waals surface area contributed by atoms with Gasteiger partial charge < -0.3 is 50.9 Å². The summed E-state index contributed by atoms with van der Waals surface area (Å²) in [6.07, 6.45) is 7.09. The van der Waals surface area contributed by atoms with Crippen molar-refractivity contribution in [1.82, 2.24) is 31.9 Å². The van der Waals surface area contributed by atoms with Gasteiger partial charge in [0.05, 0.1) is 0 Å². The van der Waals surface area contributed by atoms with E-state index in [4.69, 9.17) is 9.47 Å². The second-order valence-corrected chi connectivity index (χ2v) is 16.1. The molecule has 0 saturated heterocycles. The number of amides is 4. The fourth-order valence-electron chi connectivity index (χ4n) is 4.84. The fraction of sp³-hybridized carbons (Fsp3) is 0.850. The van der Waals surface area contributed by atoms with Crippen molar-refractivity contribution in [2.45, 2.75) is 188 Å². The molecule has 324 valence electrons. The molecule has 0 aromatic heterocycles. The lowest BCUT2D eigenvalue weighted by molar-refractivity contribution is -0.138. The molecule has 0 aliphatic rings. The molecule has 0 spiro atoms. The lowest BCUT2D eigenvalue weighted by Gasteiger charge is -2.23. The molecule has 0 aliphatic heterocycles. The SMILES string of the molecule is CC.CC(C)(C)OC=O.CNCCCCC(CC(=O)NC(CCCCNC(=O)OC(C)(C)C)CC(=O)NC(CC=O)CCCCNC(=O)OC(C)(C)C)NC. The van der Waals surface area contributed by atoms with Gasteiger partial charge >= 0.3 is 12.2 Å². The molecular weight excluding hydrogens is 708 g/mol. The van der Waals surface area contributed by atoms with Crippen LogP contribution in [-0.2, 0) is 33.4 Å². The van der Waals surface area contributed by atoms with Crippen LogP contribution in [0.15, 0.2) is 0 Å². The highest BCUT2D eigenvalue weighted by Crippen LogP contribution is 2.12. The average Bonchev–Trinajstić information content (AvgIpc) is 3.04. The minimum atomic E-state index is -0.580. The number of rotatable bonds is 25. The van der Waals surface area contributed by atoms with Crippen LogP contribution in [0, 0.1) is 0 Å². The quantitative estimate of drug-likeness (QED) is 0.0378. The summed E-state index contributed by atoms with van der Waals surface area (Å²) in [5.41, 5.74) is -1.47. The van der Waals surface area contributed by atoms with Crippen LogP contribution in [0.3, 0.4) is 0 Å². The number of carbonyl (C=O) groups excluding carboxylic acids is 6. The normalized spacial score (nSPS) is 12.8. The second kappa shape index (κ2) is 32.8. The summed E-state index contributed by atoms with van der Waals surface area (Å²) in [5.74, 6) is -0.368. The maximum atomic E-state index is 13.1. The zero-order valence-electron chi connectivity index (χ0n) is 36.7. The second-order valence-electron chi connectivity index (χ2n) is 16.1. The van der Waals surface area contributed by atoms with E-state index in [0.717, 1.165) is 32.1 Å². The van der Waals surface area contributed by atoms with Gasteiger partial charge in [-0.25, -0.2) is 9.59 Å². The minimum absolute atomic E-state index is 0.0335. The number of hydrogen-bond donors (Lipinski definition) is 6. The first-order valence-electron chi connectivity index (χ1n) is 20.0. The van der Waals surface area contributed by atoms with Gasteiger partial charge in [-0.05, 0) is 134 Å². The molecule has 0 radical (unpaired) electrons. The van der Waals surface area contributed by atoms with Crippen molar-refractivity contribution in [3.8, 4) is 0 Å². The Morgan fingerprint density at radius 1 is 0.564 bits per heavy atom. The predicted molar refractivity (Wildman–Crippen MR) is 219 cm³/mol. The van der Waals surface area contributed by atoms with Crippen molar-refractivity contribution in [2.24, 2.45) is 0 Å². The Bertz CT molecular complexity index is 1040. The summed E-state index contributed by atoms with van der Waals surface area (Å²) >= 11 is 0. The number of aldehydes is 1. The monoisotopic (exact) mass is 789 g/mol. The molecule has 0 aliphatic carbocycles. The Labute approximate surface area is 333 Å². The third-order valence-corrected chi connectivity index (χ3v) is 7.31. The Hall–Kier alpha value is -3.46. The number of ether oxygens (including phenoxy) is 3. The third-order valence-electron chi connectivity index (χ3n) is 7.31. The van der Waals surface area contributed by atoms with Gasteiger partial charge in [0, 0.05) is 50.5 Å². The van der Waals surface area contributed by atoms with Crippen molar-refractivity contribution in [3.05, 3.63) is 0 Å². The van der Waals surface area contributed by atoms with Gasteiger partial charge in [-0.1, -0.05) is 20.3 Å². The van der Waals surface area contributed by atoms with Gasteiger partial charge in [0.15, 0.2) is 0 Å². The van der Waals surface area contributed by atoms with E-state index in [0.29, 0.717) is 64.5 Å². The van der Waals surface area contributed by atoms with E-state index in [2.05, 4.69) is 36.6 Å². The largest absolute Gasteiger partial charge is 0.462 e. The lowest BCUT2D eigenvalue weighted by Crippen LogP contribution is -2.43. The highest BCUT2D eigenvalue weighted by molar-refractivity contribution is 5.80. The third kappa shape index (κ3) is 41.5. The van der Waals surface area contributed by atoms with Crippen molar-refractivity contribution in [2.75, 3.05) is 33.7 Å². The van der Waals surface area contributed by atoms with Crippen LogP contribution in [0.1, 0.15) is 153 Å². The number of unbranched alkanes of at least 4 members (excludes halogenated alkanes) is 3. The Kier molecular flexibility index (Phi) is 33.3. The van der Waals surface area contributed by atoms with Crippen molar-refractivity contribution >= 4 is 36.8 Å². The molecule has 15 nitrogen and oxygen atoms in total. The maximum Gasteiger partial charge on any atom is 0.407 e. The minimum Gasteiger partial charge on any atom is -0.462 e. The number of hydrogen-bond acceptors (Lipinski definition) is 11. The van der Waals surface area contributed by atoms with E-state index < -0.39 is 29.4 Å². The molecular formula is C40H80N6O9. The van der Waals surface area contributed by atoms with E-state index in [1.54, 1.807) is 41.5 Å². The molecule has 0 aromatic rings. The Morgan fingerprint density at radius 3 is 1.33 bits per heavy atom. The van der Waals surface area contributed by atoms with E-state index in [1.165, 1.54) is 0 Å². The summed E-state index contributed by atoms with van der Waals surface area (Å²) in [6, 6.07) is -0.705. The first kappa shape index (κ1) is 55.9. The molecule has 3 atom stereocenters. The van der Waals surface area contributed by atoms with Gasteiger partial charge in [-0.3, -0.25) is 14.4 Å². The van der Waals surface area contributed by atoms with Crippen LogP contribution in [0.25, 0.3) is 0 Å². The van der Waals surface area contributed by atoms with Gasteiger partial charge in [-0.15, -0.1) is 0 Å². The molecule has 0 bridgehead atoms. The van der Waals surface area contributed by atoms with E-state index in [9.17, 15) is 28.8 Å². The molecule has 0 fully saturated rings. The summed E-state index contributed by atoms with van der Waals surface area (Å²) in [5, 5.41) is 17.8. The maximum absolute atomic E-state index is 13.1. The van der Waals surface area contributed by atoms with Crippen LogP contribution in [0.4, 0.5) is 9.59 Å². The first-order chi connectivity index (χ1) is 25.6. The van der Waals surface area contributed by atoms with E-state index in [1.807, 2.05) is 48.7 Å². The van der Waals surface area contributed by atoms with Gasteiger partial charge in [0.25, 0.3) is 6.47 Å². The summed E-state index contributed by atoms with van der Waals surface area (Å²) in [7, 11) is 3.76. The Balaban J connectivity index is -0.00000267. The van der Waals surface area contributed by atoms with Crippen LogP contribution in [0.2, 0.25) is 0 Å². The highest BCUT2D eigenvalue weighted by Gasteiger charge is 2.22. The van der Waals surface area contributed by atoms with Gasteiger partial charge in [0.1, 0.15) is 23.1 Å². The first-order valence-corrected chi connectivity index (χ1v) is 20.0. The zero-order valence-corrected chi connectivity index (χ0v) is 36.7. The van der Waals surface area contributed by atoms with Crippen molar-refractivity contribution in [3.63, 3.8) is 0 Å². The van der Waals surface area contributed by atoms with E-state index in [-0.39, 0.29) is 42.3 Å². The van der Waals surface area contributed by atoms with Crippen LogP contribution >= 0.6 is 0 Å². The number of carbonyl (C=O) groups is 6. The summed E-state index contributed by atoms with van der Waals surface area (Å²) < 4.78 is 15.0. The van der Waals surface area contributed by atoms with Crippen LogP contribution in [-0.4, -0.2) is 105 Å². The molecule has 3 unspecified atom stereocenters. The number of alkyl carbamates (subject to hydrolysis) is 2. The molecule has 15 heteroatoms. The van der Waals surface area contributed by atoms with E-state index >= 15 is 0 Å². The fourth-order valence-corrected chi connectivity index (χ4v) is 4.84. The average molecular weight is 789 g/mol. The smallest absolute Gasteiger partial charge is 0.407 e. The van der Waals surface area contributed by atoms with Gasteiger partial charge in [-0.2, -0.15) is 0 Å². The Morgan fingerprint density at radius 2 is 0.964 bits per heavy atom. The standard InChI is InChI=1S/C33H64N6O7.C5H10O2.C2H6/c1-32(2,3)45-30(43)36-20-13-10-15-25(18-22-40)38-29(42)24-27(17-11-14-21-37-31(44)46-33(4,5)6)39-28(41)23-26(35-8)16-9-12-19-34-7;1-5(2,3)7-4-6;1-2/h22,25-27,34-35H,9-21,23-24H2,1-8H3,(H,36,43)(H,37,44)(H,38,42)(H,39,41);4H,1-3H3;1-2H3. The topological polar surface area (TPSA) is 202 Å². The molecule has 4 amide bonds. The summed E-state index contributed by atoms with van der Waals surface area (Å²) in [4.78, 5) is 70.8.